The Morgan fingerprint density at radius 2 is 1.43 bits per heavy atom. The van der Waals surface area contributed by atoms with Crippen molar-refractivity contribution >= 4 is 17.9 Å². The molecule has 0 aromatic heterocycles. The summed E-state index contributed by atoms with van der Waals surface area (Å²) in [6, 6.07) is 0. The van der Waals surface area contributed by atoms with Crippen molar-refractivity contribution in [1.82, 2.24) is 0 Å². The van der Waals surface area contributed by atoms with Gasteiger partial charge in [-0.3, -0.25) is 0 Å². The lowest BCUT2D eigenvalue weighted by Crippen LogP contribution is -2.17. The molecule has 0 aromatic carbocycles. The van der Waals surface area contributed by atoms with Crippen molar-refractivity contribution in [2.24, 2.45) is 5.73 Å². The third-order valence-corrected chi connectivity index (χ3v) is 1.14. The second-order valence-corrected chi connectivity index (χ2v) is 2.11. The molecule has 0 aliphatic carbocycles. The Balaban J connectivity index is 5.16. The van der Waals surface area contributed by atoms with Gasteiger partial charge >= 0.3 is 17.9 Å². The minimum Gasteiger partial charge on any atom is -0.478 e. The molecule has 76 valence electrons. The van der Waals surface area contributed by atoms with E-state index >= 15 is 0 Å². The summed E-state index contributed by atoms with van der Waals surface area (Å²) in [5.74, 6) is -4.64. The minimum atomic E-state index is -1.63. The lowest BCUT2D eigenvalue weighted by molar-refractivity contribution is -0.135. The average Bonchev–Trinajstić information content (AvgIpc) is 2.02. The average molecular weight is 201 g/mol. The van der Waals surface area contributed by atoms with Crippen molar-refractivity contribution in [3.8, 4) is 0 Å². The minimum absolute atomic E-state index is 0.485. The van der Waals surface area contributed by atoms with Gasteiger partial charge in [0, 0.05) is 6.08 Å². The van der Waals surface area contributed by atoms with E-state index in [9.17, 15) is 14.4 Å². The Labute approximate surface area is 77.8 Å². The molecule has 0 spiro atoms. The Hall–Kier alpha value is -2.31. The van der Waals surface area contributed by atoms with Crippen LogP contribution in [-0.2, 0) is 14.4 Å². The maximum Gasteiger partial charge on any atom is 0.352 e. The Kier molecular flexibility index (Phi) is 3.88. The largest absolute Gasteiger partial charge is 0.478 e. The highest BCUT2D eigenvalue weighted by Gasteiger charge is 2.14. The summed E-state index contributed by atoms with van der Waals surface area (Å²) in [5, 5.41) is 25.0. The number of nitrogens with two attached hydrogens (primary N) is 1. The van der Waals surface area contributed by atoms with Crippen molar-refractivity contribution in [3.63, 3.8) is 0 Å². The maximum atomic E-state index is 10.4. The van der Waals surface area contributed by atoms with E-state index in [0.717, 1.165) is 0 Å². The molecule has 7 nitrogen and oxygen atoms in total. The quantitative estimate of drug-likeness (QED) is 0.338. The number of carboxylic acids is 3. The van der Waals surface area contributed by atoms with Gasteiger partial charge in [-0.05, 0) is 6.08 Å². The third kappa shape index (κ3) is 3.39. The van der Waals surface area contributed by atoms with E-state index in [1.807, 2.05) is 0 Å². The SMILES string of the molecule is N/C(C(=O)O)=C(/C=C/C(=O)O)C(=O)O. The fourth-order valence-corrected chi connectivity index (χ4v) is 0.546. The number of hydrogen-bond acceptors (Lipinski definition) is 4. The molecule has 0 rings (SSSR count). The maximum absolute atomic E-state index is 10.4. The van der Waals surface area contributed by atoms with Crippen molar-refractivity contribution in [2.75, 3.05) is 0 Å². The third-order valence-electron chi connectivity index (χ3n) is 1.14. The molecule has 0 heterocycles. The lowest BCUT2D eigenvalue weighted by atomic mass is 10.2. The number of aliphatic carboxylic acids is 3. The van der Waals surface area contributed by atoms with Gasteiger partial charge in [-0.1, -0.05) is 0 Å². The zero-order chi connectivity index (χ0) is 11.3. The molecule has 0 amide bonds. The highest BCUT2D eigenvalue weighted by molar-refractivity contribution is 6.01. The lowest BCUT2D eigenvalue weighted by Gasteiger charge is -1.97. The zero-order valence-electron chi connectivity index (χ0n) is 6.80. The summed E-state index contributed by atoms with van der Waals surface area (Å²) in [6.07, 6.45) is 1.09. The molecule has 5 N–H and O–H groups in total. The standard InChI is InChI=1S/C7H7NO6/c8-5(7(13)14)3(6(11)12)1-2-4(9)10/h1-2H,8H2,(H,9,10)(H,11,12)(H,13,14)/b2-1+,5-3-. The summed E-state index contributed by atoms with van der Waals surface area (Å²) in [4.78, 5) is 30.7. The zero-order valence-corrected chi connectivity index (χ0v) is 6.80. The molecular weight excluding hydrogens is 194 g/mol. The summed E-state index contributed by atoms with van der Waals surface area (Å²) >= 11 is 0. The molecule has 0 aliphatic heterocycles. The molecule has 0 fully saturated rings. The van der Waals surface area contributed by atoms with E-state index in [1.165, 1.54) is 0 Å². The monoisotopic (exact) mass is 201 g/mol. The van der Waals surface area contributed by atoms with Gasteiger partial charge in [0.15, 0.2) is 0 Å². The molecule has 0 radical (unpaired) electrons. The van der Waals surface area contributed by atoms with Crippen LogP contribution in [0.1, 0.15) is 0 Å². The molecule has 0 unspecified atom stereocenters. The summed E-state index contributed by atoms with van der Waals surface area (Å²) in [5.41, 5.74) is 3.20. The van der Waals surface area contributed by atoms with Gasteiger partial charge in [0.05, 0.1) is 5.57 Å². The van der Waals surface area contributed by atoms with Gasteiger partial charge in [-0.25, -0.2) is 14.4 Å². The Morgan fingerprint density at radius 1 is 0.929 bits per heavy atom. The smallest absolute Gasteiger partial charge is 0.352 e. The summed E-state index contributed by atoms with van der Waals surface area (Å²) < 4.78 is 0. The van der Waals surface area contributed by atoms with Crippen LogP contribution in [0, 0.1) is 0 Å². The van der Waals surface area contributed by atoms with Gasteiger partial charge < -0.3 is 21.1 Å². The fraction of sp³-hybridized carbons (Fsp3) is 0. The van der Waals surface area contributed by atoms with Crippen LogP contribution in [-0.4, -0.2) is 33.2 Å². The van der Waals surface area contributed by atoms with Gasteiger partial charge in [0.25, 0.3) is 0 Å². The van der Waals surface area contributed by atoms with Crippen molar-refractivity contribution in [2.45, 2.75) is 0 Å². The second-order valence-electron chi connectivity index (χ2n) is 2.11. The molecule has 0 aromatic rings. The predicted octanol–water partition coefficient (Wildman–Crippen LogP) is -0.991. The first-order chi connectivity index (χ1) is 6.36. The number of rotatable bonds is 4. The fourth-order valence-electron chi connectivity index (χ4n) is 0.546. The topological polar surface area (TPSA) is 138 Å². The van der Waals surface area contributed by atoms with E-state index in [4.69, 9.17) is 21.1 Å². The Morgan fingerprint density at radius 3 is 1.71 bits per heavy atom. The van der Waals surface area contributed by atoms with E-state index < -0.39 is 29.2 Å². The van der Waals surface area contributed by atoms with Crippen LogP contribution < -0.4 is 5.73 Å². The van der Waals surface area contributed by atoms with Gasteiger partial charge in [-0.15, -0.1) is 0 Å². The van der Waals surface area contributed by atoms with Crippen LogP contribution in [0.15, 0.2) is 23.4 Å². The van der Waals surface area contributed by atoms with Crippen LogP contribution in [0.3, 0.4) is 0 Å². The highest BCUT2D eigenvalue weighted by Crippen LogP contribution is 2.02. The van der Waals surface area contributed by atoms with Crippen LogP contribution in [0.5, 0.6) is 0 Å². The molecule has 0 saturated carbocycles. The van der Waals surface area contributed by atoms with Crippen LogP contribution in [0.2, 0.25) is 0 Å². The van der Waals surface area contributed by atoms with E-state index in [1.54, 1.807) is 0 Å². The predicted molar refractivity (Wildman–Crippen MR) is 43.3 cm³/mol. The Bertz CT molecular complexity index is 340. The molecule has 0 saturated heterocycles. The first-order valence-electron chi connectivity index (χ1n) is 3.23. The summed E-state index contributed by atoms with van der Waals surface area (Å²) in [7, 11) is 0. The van der Waals surface area contributed by atoms with Crippen LogP contribution in [0.25, 0.3) is 0 Å². The number of carboxylic acid groups (broad SMARTS) is 3. The first kappa shape index (κ1) is 11.7. The molecule has 14 heavy (non-hydrogen) atoms. The highest BCUT2D eigenvalue weighted by atomic mass is 16.4. The van der Waals surface area contributed by atoms with E-state index in [2.05, 4.69) is 0 Å². The van der Waals surface area contributed by atoms with Gasteiger partial charge in [0.1, 0.15) is 5.70 Å². The van der Waals surface area contributed by atoms with Crippen molar-refractivity contribution < 1.29 is 29.7 Å². The molecule has 0 bridgehead atoms. The number of carbonyl (C=O) groups is 3. The molecular formula is C7H7NO6. The van der Waals surface area contributed by atoms with E-state index in [-0.39, 0.29) is 0 Å². The second kappa shape index (κ2) is 4.65. The van der Waals surface area contributed by atoms with E-state index in [0.29, 0.717) is 12.2 Å². The molecule has 0 atom stereocenters. The number of hydrogen-bond donors (Lipinski definition) is 4. The van der Waals surface area contributed by atoms with Crippen LogP contribution >= 0.6 is 0 Å². The van der Waals surface area contributed by atoms with Crippen molar-refractivity contribution in [3.05, 3.63) is 23.4 Å². The molecule has 7 heteroatoms. The first-order valence-corrected chi connectivity index (χ1v) is 3.23. The van der Waals surface area contributed by atoms with Gasteiger partial charge in [-0.2, -0.15) is 0 Å². The summed E-state index contributed by atoms with van der Waals surface area (Å²) in [6.45, 7) is 0. The molecule has 0 aliphatic rings. The van der Waals surface area contributed by atoms with Gasteiger partial charge in [0.2, 0.25) is 0 Å². The van der Waals surface area contributed by atoms with Crippen molar-refractivity contribution in [1.29, 1.82) is 0 Å². The van der Waals surface area contributed by atoms with Crippen LogP contribution in [0.4, 0.5) is 0 Å². The normalized spacial score (nSPS) is 12.3.